The van der Waals surface area contributed by atoms with Gasteiger partial charge in [-0.3, -0.25) is 4.90 Å². The smallest absolute Gasteiger partial charge is 0.133 e. The Labute approximate surface area is 202 Å². The average Bonchev–Trinajstić information content (AvgIpc) is 2.70. The van der Waals surface area contributed by atoms with Crippen molar-refractivity contribution in [3.63, 3.8) is 0 Å². The van der Waals surface area contributed by atoms with Crippen LogP contribution in [0.4, 0.5) is 5.69 Å². The first-order valence-electron chi connectivity index (χ1n) is 11.8. The van der Waals surface area contributed by atoms with Gasteiger partial charge < -0.3 is 34.8 Å². The second-order valence-corrected chi connectivity index (χ2v) is 9.13. The molecule has 1 aromatic rings. The summed E-state index contributed by atoms with van der Waals surface area (Å²) >= 11 is 6.12. The molecule has 176 valence electrons. The van der Waals surface area contributed by atoms with E-state index in [0.29, 0.717) is 0 Å². The summed E-state index contributed by atoms with van der Waals surface area (Å²) in [7, 11) is 0. The topological polar surface area (TPSA) is 29.1 Å². The lowest BCUT2D eigenvalue weighted by Crippen LogP contribution is -3.26. The van der Waals surface area contributed by atoms with Gasteiger partial charge in [0.15, 0.2) is 0 Å². The number of rotatable bonds is 14. The monoisotopic (exact) mass is 480 g/mol. The lowest BCUT2D eigenvalue weighted by atomic mass is 10.0. The van der Waals surface area contributed by atoms with Gasteiger partial charge in [-0.1, -0.05) is 88.8 Å². The summed E-state index contributed by atoms with van der Waals surface area (Å²) in [6, 6.07) is 8.24. The highest BCUT2D eigenvalue weighted by Gasteiger charge is 2.26. The van der Waals surface area contributed by atoms with E-state index in [1.807, 2.05) is 12.1 Å². The number of nitrogens with one attached hydrogen (secondary N) is 2. The van der Waals surface area contributed by atoms with Crippen molar-refractivity contribution >= 4 is 17.3 Å². The minimum absolute atomic E-state index is 0. The zero-order valence-electron chi connectivity index (χ0n) is 18.8. The van der Waals surface area contributed by atoms with Crippen LogP contribution < -0.4 is 34.6 Å². The van der Waals surface area contributed by atoms with E-state index >= 15 is 0 Å². The number of aliphatic hydroxyl groups is 1. The largest absolute Gasteiger partial charge is 1.00 e. The normalized spacial score (nSPS) is 19.6. The van der Waals surface area contributed by atoms with E-state index in [1.54, 1.807) is 4.90 Å². The molecule has 1 fully saturated rings. The highest BCUT2D eigenvalue weighted by Crippen LogP contribution is 2.12. The molecule has 1 heterocycles. The molecule has 0 saturated carbocycles. The van der Waals surface area contributed by atoms with Crippen molar-refractivity contribution in [2.24, 2.45) is 0 Å². The van der Waals surface area contributed by atoms with E-state index < -0.39 is 0 Å². The van der Waals surface area contributed by atoms with Crippen LogP contribution in [0.3, 0.4) is 0 Å². The first kappa shape index (κ1) is 30.0. The summed E-state index contributed by atoms with van der Waals surface area (Å²) in [5.41, 5.74) is 1.30. The molecular formula is C24H43Cl3N2O. The van der Waals surface area contributed by atoms with Crippen molar-refractivity contribution < 1.29 is 39.7 Å². The third kappa shape index (κ3) is 12.7. The predicted octanol–water partition coefficient (Wildman–Crippen LogP) is -2.57. The van der Waals surface area contributed by atoms with E-state index in [9.17, 15) is 5.11 Å². The Bertz CT molecular complexity index is 525. The van der Waals surface area contributed by atoms with Crippen molar-refractivity contribution in [1.29, 1.82) is 0 Å². The van der Waals surface area contributed by atoms with Gasteiger partial charge >= 0.3 is 0 Å². The molecule has 3 nitrogen and oxygen atoms in total. The van der Waals surface area contributed by atoms with Gasteiger partial charge in [0, 0.05) is 11.1 Å². The molecule has 3 N–H and O–H groups in total. The summed E-state index contributed by atoms with van der Waals surface area (Å²) in [6.07, 6.45) is 14.4. The molecule has 0 amide bonds. The number of aliphatic hydroxyl groups excluding tert-OH is 1. The molecule has 6 heteroatoms. The second kappa shape index (κ2) is 18.5. The molecule has 0 aliphatic carbocycles. The molecule has 2 rings (SSSR count). The van der Waals surface area contributed by atoms with Gasteiger partial charge in [0.1, 0.15) is 44.5 Å². The summed E-state index contributed by atoms with van der Waals surface area (Å²) < 4.78 is 0. The van der Waals surface area contributed by atoms with Gasteiger partial charge in [0.05, 0.1) is 0 Å². The van der Waals surface area contributed by atoms with Crippen LogP contribution in [-0.2, 0) is 0 Å². The highest BCUT2D eigenvalue weighted by atomic mass is 35.5. The van der Waals surface area contributed by atoms with Crippen LogP contribution in [0.5, 0.6) is 0 Å². The van der Waals surface area contributed by atoms with Gasteiger partial charge in [-0.25, -0.2) is 0 Å². The van der Waals surface area contributed by atoms with Gasteiger partial charge in [-0.2, -0.15) is 0 Å². The lowest BCUT2D eigenvalue weighted by Gasteiger charge is -2.30. The number of halogens is 3. The van der Waals surface area contributed by atoms with Crippen molar-refractivity contribution in [2.45, 2.75) is 83.7 Å². The van der Waals surface area contributed by atoms with Crippen LogP contribution >= 0.6 is 11.6 Å². The number of piperazine rings is 1. The molecule has 0 bridgehead atoms. The van der Waals surface area contributed by atoms with Crippen LogP contribution in [0.1, 0.15) is 77.6 Å². The Morgan fingerprint density at radius 3 is 2.00 bits per heavy atom. The molecule has 1 saturated heterocycles. The van der Waals surface area contributed by atoms with Gasteiger partial charge in [0.25, 0.3) is 0 Å². The maximum Gasteiger partial charge on any atom is 0.133 e. The Hall–Kier alpha value is -0.0300. The van der Waals surface area contributed by atoms with E-state index in [2.05, 4.69) is 19.1 Å². The molecule has 0 radical (unpaired) electrons. The van der Waals surface area contributed by atoms with Gasteiger partial charge in [-0.05, 0) is 18.6 Å². The predicted molar refractivity (Wildman–Crippen MR) is 120 cm³/mol. The Kier molecular flexibility index (Phi) is 18.5. The van der Waals surface area contributed by atoms with Crippen molar-refractivity contribution in [3.05, 3.63) is 29.3 Å². The Morgan fingerprint density at radius 2 is 1.43 bits per heavy atom. The SMILES string of the molecule is CCCCCCCCCCCCC(O)C[NH+]1CC[NH+](c2cccc(Cl)c2)CC1.[Cl-].[Cl-]. The minimum atomic E-state index is -0.128. The summed E-state index contributed by atoms with van der Waals surface area (Å²) in [5, 5.41) is 11.2. The number of benzene rings is 1. The summed E-state index contributed by atoms with van der Waals surface area (Å²) in [5.74, 6) is 0. The van der Waals surface area contributed by atoms with E-state index in [-0.39, 0.29) is 30.9 Å². The molecule has 1 aromatic carbocycles. The Balaban J connectivity index is 0.00000420. The van der Waals surface area contributed by atoms with Crippen LogP contribution in [-0.4, -0.2) is 43.9 Å². The van der Waals surface area contributed by atoms with Crippen molar-refractivity contribution in [3.8, 4) is 0 Å². The highest BCUT2D eigenvalue weighted by molar-refractivity contribution is 6.30. The maximum atomic E-state index is 10.4. The third-order valence-corrected chi connectivity index (χ3v) is 6.44. The van der Waals surface area contributed by atoms with E-state index in [1.165, 1.54) is 74.8 Å². The maximum absolute atomic E-state index is 10.4. The molecule has 1 aliphatic rings. The van der Waals surface area contributed by atoms with Crippen LogP contribution in [0.2, 0.25) is 5.02 Å². The number of unbranched alkanes of at least 4 members (excludes halogenated alkanes) is 9. The lowest BCUT2D eigenvalue weighted by molar-refractivity contribution is -0.988. The molecular weight excluding hydrogens is 439 g/mol. The van der Waals surface area contributed by atoms with E-state index in [0.717, 1.165) is 44.2 Å². The average molecular weight is 482 g/mol. The van der Waals surface area contributed by atoms with Crippen LogP contribution in [0.25, 0.3) is 0 Å². The quantitative estimate of drug-likeness (QED) is 0.251. The standard InChI is InChI=1S/C24H41ClN2O.2ClH/c1-2-3-4-5-6-7-8-9-10-11-15-24(28)21-26-16-18-27(19-17-26)23-14-12-13-22(25)20-23;;/h12-14,20,24,28H,2-11,15-19,21H2,1H3;2*1H. The van der Waals surface area contributed by atoms with Crippen LogP contribution in [0.15, 0.2) is 24.3 Å². The summed E-state index contributed by atoms with van der Waals surface area (Å²) in [6.45, 7) is 7.72. The fourth-order valence-electron chi connectivity index (χ4n) is 4.41. The van der Waals surface area contributed by atoms with Crippen LogP contribution in [0, 0.1) is 0 Å². The van der Waals surface area contributed by atoms with Gasteiger partial charge in [0.2, 0.25) is 0 Å². The molecule has 0 spiro atoms. The number of quaternary nitrogens is 2. The van der Waals surface area contributed by atoms with Crippen molar-refractivity contribution in [2.75, 3.05) is 32.7 Å². The fourth-order valence-corrected chi connectivity index (χ4v) is 4.60. The second-order valence-electron chi connectivity index (χ2n) is 8.69. The first-order chi connectivity index (χ1) is 13.7. The molecule has 30 heavy (non-hydrogen) atoms. The molecule has 0 aromatic heterocycles. The van der Waals surface area contributed by atoms with E-state index in [4.69, 9.17) is 11.6 Å². The fraction of sp³-hybridized carbons (Fsp3) is 0.750. The first-order valence-corrected chi connectivity index (χ1v) is 12.2. The number of hydrogen-bond donors (Lipinski definition) is 3. The molecule has 1 atom stereocenters. The zero-order valence-corrected chi connectivity index (χ0v) is 21.0. The molecule has 1 aliphatic heterocycles. The zero-order chi connectivity index (χ0) is 20.0. The Morgan fingerprint density at radius 1 is 0.867 bits per heavy atom. The third-order valence-electron chi connectivity index (χ3n) is 6.21. The minimum Gasteiger partial charge on any atom is -1.00 e. The van der Waals surface area contributed by atoms with Gasteiger partial charge in [-0.15, -0.1) is 0 Å². The summed E-state index contributed by atoms with van der Waals surface area (Å²) in [4.78, 5) is 3.08. The molecule has 1 unspecified atom stereocenters. The van der Waals surface area contributed by atoms with Crippen molar-refractivity contribution in [1.82, 2.24) is 0 Å². The number of hydrogen-bond acceptors (Lipinski definition) is 1.